The number of nitrogens with zero attached hydrogens (tertiary/aromatic N) is 1. The Hall–Kier alpha value is -1.75. The molecule has 0 heterocycles. The number of unbranched alkanes of at least 4 members (excludes halogenated alkanes) is 1. The Morgan fingerprint density at radius 1 is 1.24 bits per heavy atom. The van der Waals surface area contributed by atoms with Crippen molar-refractivity contribution in [3.8, 4) is 5.75 Å². The Morgan fingerprint density at radius 3 is 2.76 bits per heavy atom. The van der Waals surface area contributed by atoms with Crippen molar-refractivity contribution in [1.29, 1.82) is 0 Å². The van der Waals surface area contributed by atoms with Crippen molar-refractivity contribution in [2.24, 2.45) is 5.92 Å². The maximum atomic E-state index is 12.4. The van der Waals surface area contributed by atoms with Gasteiger partial charge in [-0.1, -0.05) is 31.9 Å². The third kappa shape index (κ3) is 6.58. The molecular weight excluding hydrogens is 316 g/mol. The van der Waals surface area contributed by atoms with Gasteiger partial charge in [-0.15, -0.1) is 0 Å². The molecule has 140 valence electrons. The number of nitrogens with one attached hydrogen (secondary N) is 1. The van der Waals surface area contributed by atoms with E-state index in [1.54, 1.807) is 0 Å². The number of hydrogen-bond donors (Lipinski definition) is 1. The van der Waals surface area contributed by atoms with Crippen LogP contribution in [0.4, 0.5) is 10.5 Å². The van der Waals surface area contributed by atoms with E-state index in [1.807, 2.05) is 24.3 Å². The van der Waals surface area contributed by atoms with Gasteiger partial charge in [0.1, 0.15) is 11.9 Å². The predicted molar refractivity (Wildman–Crippen MR) is 101 cm³/mol. The molecular formula is C20H32N2O3. The zero-order chi connectivity index (χ0) is 18.1. The first kappa shape index (κ1) is 19.6. The fourth-order valence-corrected chi connectivity index (χ4v) is 3.31. The summed E-state index contributed by atoms with van der Waals surface area (Å²) in [7, 11) is 4.13. The van der Waals surface area contributed by atoms with Crippen LogP contribution in [0.15, 0.2) is 24.3 Å². The van der Waals surface area contributed by atoms with E-state index in [9.17, 15) is 4.79 Å². The van der Waals surface area contributed by atoms with Crippen LogP contribution in [0, 0.1) is 5.92 Å². The molecule has 2 atom stereocenters. The van der Waals surface area contributed by atoms with Crippen LogP contribution in [0.1, 0.15) is 45.4 Å². The minimum Gasteiger partial charge on any atom is -0.491 e. The second-order valence-electron chi connectivity index (χ2n) is 7.07. The maximum absolute atomic E-state index is 12.4. The highest BCUT2D eigenvalue weighted by Gasteiger charge is 2.28. The summed E-state index contributed by atoms with van der Waals surface area (Å²) in [6, 6.07) is 7.52. The molecule has 1 aromatic carbocycles. The van der Waals surface area contributed by atoms with Crippen molar-refractivity contribution < 1.29 is 14.3 Å². The lowest BCUT2D eigenvalue weighted by atomic mass is 9.86. The summed E-state index contributed by atoms with van der Waals surface area (Å²) in [5.74, 6) is 1.10. The van der Waals surface area contributed by atoms with Gasteiger partial charge in [-0.2, -0.15) is 0 Å². The summed E-state index contributed by atoms with van der Waals surface area (Å²) in [4.78, 5) is 14.6. The Balaban J connectivity index is 1.92. The highest BCUT2D eigenvalue weighted by molar-refractivity contribution is 5.86. The predicted octanol–water partition coefficient (Wildman–Crippen LogP) is 4.53. The van der Waals surface area contributed by atoms with Crippen molar-refractivity contribution in [2.75, 3.05) is 32.6 Å². The van der Waals surface area contributed by atoms with Crippen LogP contribution in [0.2, 0.25) is 0 Å². The van der Waals surface area contributed by atoms with Crippen molar-refractivity contribution in [3.05, 3.63) is 24.3 Å². The van der Waals surface area contributed by atoms with Gasteiger partial charge in [-0.05, 0) is 51.9 Å². The first-order valence-corrected chi connectivity index (χ1v) is 9.44. The van der Waals surface area contributed by atoms with Crippen LogP contribution in [-0.2, 0) is 4.74 Å². The van der Waals surface area contributed by atoms with E-state index in [0.29, 0.717) is 24.0 Å². The lowest BCUT2D eigenvalue weighted by Gasteiger charge is -2.32. The molecule has 0 aliphatic heterocycles. The second kappa shape index (κ2) is 10.3. The molecule has 1 aromatic rings. The van der Waals surface area contributed by atoms with Gasteiger partial charge in [0.25, 0.3) is 0 Å². The third-order valence-electron chi connectivity index (χ3n) is 4.58. The lowest BCUT2D eigenvalue weighted by Crippen LogP contribution is -2.37. The fraction of sp³-hybridized carbons (Fsp3) is 0.650. The Morgan fingerprint density at radius 2 is 2.00 bits per heavy atom. The first-order chi connectivity index (χ1) is 12.1. The van der Waals surface area contributed by atoms with Gasteiger partial charge in [0.2, 0.25) is 0 Å². The average Bonchev–Trinajstić information content (AvgIpc) is 2.58. The quantitative estimate of drug-likeness (QED) is 0.701. The normalized spacial score (nSPS) is 20.3. The molecule has 0 spiro atoms. The summed E-state index contributed by atoms with van der Waals surface area (Å²) < 4.78 is 11.5. The second-order valence-corrected chi connectivity index (χ2v) is 7.07. The molecule has 0 unspecified atom stereocenters. The molecule has 5 heteroatoms. The Bertz CT molecular complexity index is 533. The van der Waals surface area contributed by atoms with Crippen LogP contribution >= 0.6 is 0 Å². The Labute approximate surface area is 151 Å². The largest absolute Gasteiger partial charge is 0.491 e. The zero-order valence-electron chi connectivity index (χ0n) is 15.8. The van der Waals surface area contributed by atoms with E-state index >= 15 is 0 Å². The molecule has 1 N–H and O–H groups in total. The van der Waals surface area contributed by atoms with E-state index in [0.717, 1.165) is 38.6 Å². The highest BCUT2D eigenvalue weighted by Crippen LogP contribution is 2.29. The van der Waals surface area contributed by atoms with Crippen LogP contribution in [0.3, 0.4) is 0 Å². The van der Waals surface area contributed by atoms with Crippen molar-refractivity contribution >= 4 is 11.8 Å². The summed E-state index contributed by atoms with van der Waals surface area (Å²) in [6.07, 6.45) is 6.08. The minimum atomic E-state index is -0.387. The fourth-order valence-electron chi connectivity index (χ4n) is 3.31. The van der Waals surface area contributed by atoms with Gasteiger partial charge in [-0.25, -0.2) is 4.79 Å². The number of rotatable bonds is 8. The molecule has 0 bridgehead atoms. The van der Waals surface area contributed by atoms with E-state index in [2.05, 4.69) is 31.2 Å². The smallest absolute Gasteiger partial charge is 0.412 e. The number of ether oxygens (including phenoxy) is 2. The van der Waals surface area contributed by atoms with E-state index in [1.165, 1.54) is 6.42 Å². The lowest BCUT2D eigenvalue weighted by molar-refractivity contribution is 0.0357. The van der Waals surface area contributed by atoms with Gasteiger partial charge in [0.15, 0.2) is 0 Å². The summed E-state index contributed by atoms with van der Waals surface area (Å²) in [5.41, 5.74) is 0.670. The summed E-state index contributed by atoms with van der Waals surface area (Å²) >= 11 is 0. The third-order valence-corrected chi connectivity index (χ3v) is 4.58. The van der Waals surface area contributed by atoms with Gasteiger partial charge < -0.3 is 14.4 Å². The number of hydrogen-bond acceptors (Lipinski definition) is 4. The van der Waals surface area contributed by atoms with Gasteiger partial charge in [0, 0.05) is 12.5 Å². The topological polar surface area (TPSA) is 50.8 Å². The number of carbonyl (C=O) groups is 1. The molecule has 0 radical (unpaired) electrons. The molecule has 0 aromatic heterocycles. The van der Waals surface area contributed by atoms with E-state index in [4.69, 9.17) is 9.47 Å². The standard InChI is InChI=1S/C20H32N2O3/c1-4-5-14-24-19-13-9-7-11-17(19)21-20(23)25-18-12-8-6-10-16(18)15-22(2)3/h7,9,11,13,16,18H,4-6,8,10,12,14-15H2,1-3H3,(H,21,23)/t16-,18+/m0/s1. The molecule has 1 aliphatic rings. The molecule has 0 saturated heterocycles. The van der Waals surface area contributed by atoms with Crippen molar-refractivity contribution in [3.63, 3.8) is 0 Å². The van der Waals surface area contributed by atoms with Crippen molar-refractivity contribution in [2.45, 2.75) is 51.6 Å². The summed E-state index contributed by atoms with van der Waals surface area (Å²) in [6.45, 7) is 3.73. The van der Waals surface area contributed by atoms with Crippen LogP contribution < -0.4 is 10.1 Å². The number of amides is 1. The number of para-hydroxylation sites is 2. The molecule has 1 fully saturated rings. The number of carbonyl (C=O) groups excluding carboxylic acids is 1. The molecule has 2 rings (SSSR count). The average molecular weight is 348 g/mol. The van der Waals surface area contributed by atoms with Crippen LogP contribution in [0.25, 0.3) is 0 Å². The monoisotopic (exact) mass is 348 g/mol. The van der Waals surface area contributed by atoms with Gasteiger partial charge >= 0.3 is 6.09 Å². The highest BCUT2D eigenvalue weighted by atomic mass is 16.6. The first-order valence-electron chi connectivity index (χ1n) is 9.44. The Kier molecular flexibility index (Phi) is 8.06. The molecule has 1 amide bonds. The maximum Gasteiger partial charge on any atom is 0.412 e. The minimum absolute atomic E-state index is 0.00989. The molecule has 25 heavy (non-hydrogen) atoms. The SMILES string of the molecule is CCCCOc1ccccc1NC(=O)O[C@@H]1CCCC[C@H]1CN(C)C. The number of benzene rings is 1. The van der Waals surface area contributed by atoms with Crippen molar-refractivity contribution in [1.82, 2.24) is 4.90 Å². The molecule has 5 nitrogen and oxygen atoms in total. The number of anilines is 1. The molecule has 1 aliphatic carbocycles. The van der Waals surface area contributed by atoms with Crippen LogP contribution in [-0.4, -0.2) is 44.3 Å². The van der Waals surface area contributed by atoms with E-state index in [-0.39, 0.29) is 12.2 Å². The summed E-state index contributed by atoms with van der Waals surface area (Å²) in [5, 5.41) is 2.86. The van der Waals surface area contributed by atoms with Gasteiger partial charge in [0.05, 0.1) is 12.3 Å². The zero-order valence-corrected chi connectivity index (χ0v) is 15.8. The van der Waals surface area contributed by atoms with Gasteiger partial charge in [-0.3, -0.25) is 5.32 Å². The van der Waals surface area contributed by atoms with E-state index < -0.39 is 0 Å². The van der Waals surface area contributed by atoms with Crippen LogP contribution in [0.5, 0.6) is 5.75 Å². The molecule has 1 saturated carbocycles.